The molecule has 0 N–H and O–H groups in total. The first-order chi connectivity index (χ1) is 12.6. The molecule has 1 amide bonds. The number of amides is 1. The molecular weight excluding hydrogens is 351 g/mol. The van der Waals surface area contributed by atoms with E-state index >= 15 is 0 Å². The number of aromatic nitrogens is 2. The van der Waals surface area contributed by atoms with Crippen molar-refractivity contribution in [3.05, 3.63) is 53.6 Å². The van der Waals surface area contributed by atoms with Crippen molar-refractivity contribution in [1.29, 1.82) is 0 Å². The zero-order valence-electron chi connectivity index (χ0n) is 14.5. The second-order valence-corrected chi connectivity index (χ2v) is 7.50. The topological polar surface area (TPSA) is 49.3 Å². The second kappa shape index (κ2) is 6.99. The van der Waals surface area contributed by atoms with Gasteiger partial charge in [0.15, 0.2) is 5.13 Å². The number of thiazole rings is 1. The summed E-state index contributed by atoms with van der Waals surface area (Å²) in [6, 6.07) is 6.54. The molecule has 5 nitrogen and oxygen atoms in total. The van der Waals surface area contributed by atoms with Gasteiger partial charge in [-0.3, -0.25) is 9.78 Å². The minimum Gasteiger partial charge on any atom is -0.346 e. The maximum absolute atomic E-state index is 13.4. The van der Waals surface area contributed by atoms with Gasteiger partial charge >= 0.3 is 0 Å². The summed E-state index contributed by atoms with van der Waals surface area (Å²) >= 11 is 1.50. The Bertz CT molecular complexity index is 958. The highest BCUT2D eigenvalue weighted by Crippen LogP contribution is 2.30. The number of pyridine rings is 1. The number of nitrogens with zero attached hydrogens (tertiary/aromatic N) is 4. The minimum absolute atomic E-state index is 0.0226. The first-order valence-electron chi connectivity index (χ1n) is 8.62. The third kappa shape index (κ3) is 3.39. The lowest BCUT2D eigenvalue weighted by atomic mass is 10.2. The number of benzene rings is 1. The number of anilines is 1. The summed E-state index contributed by atoms with van der Waals surface area (Å²) in [7, 11) is 0. The molecule has 0 spiro atoms. The molecule has 4 rings (SSSR count). The molecule has 0 aliphatic carbocycles. The van der Waals surface area contributed by atoms with E-state index < -0.39 is 0 Å². The van der Waals surface area contributed by atoms with E-state index in [1.54, 1.807) is 18.5 Å². The molecule has 1 fully saturated rings. The van der Waals surface area contributed by atoms with Crippen LogP contribution < -0.4 is 4.90 Å². The standard InChI is InChI=1S/C19H19FN4OS/c1-13-9-14(12-21-11-13)18(25)23-5-2-6-24(8-7-23)19-22-16-4-3-15(20)10-17(16)26-19/h3-4,9-12H,2,5-8H2,1H3. The Balaban J connectivity index is 1.49. The zero-order valence-corrected chi connectivity index (χ0v) is 15.3. The fourth-order valence-electron chi connectivity index (χ4n) is 3.19. The molecule has 26 heavy (non-hydrogen) atoms. The normalized spacial score (nSPS) is 15.3. The van der Waals surface area contributed by atoms with Gasteiger partial charge in [0.1, 0.15) is 5.82 Å². The average molecular weight is 370 g/mol. The summed E-state index contributed by atoms with van der Waals surface area (Å²) in [5, 5.41) is 0.886. The Labute approximate surface area is 155 Å². The van der Waals surface area contributed by atoms with E-state index in [0.29, 0.717) is 25.2 Å². The number of rotatable bonds is 2. The van der Waals surface area contributed by atoms with Crippen molar-refractivity contribution in [2.75, 3.05) is 31.1 Å². The molecule has 0 radical (unpaired) electrons. The summed E-state index contributed by atoms with van der Waals surface area (Å²) in [5.74, 6) is -0.221. The van der Waals surface area contributed by atoms with Gasteiger partial charge in [0.05, 0.1) is 15.8 Å². The summed E-state index contributed by atoms with van der Waals surface area (Å²) in [6.45, 7) is 4.83. The van der Waals surface area contributed by atoms with Crippen molar-refractivity contribution in [3.63, 3.8) is 0 Å². The Morgan fingerprint density at radius 1 is 1.15 bits per heavy atom. The van der Waals surface area contributed by atoms with Gasteiger partial charge in [0.2, 0.25) is 0 Å². The Morgan fingerprint density at radius 3 is 2.88 bits per heavy atom. The number of hydrogen-bond acceptors (Lipinski definition) is 5. The lowest BCUT2D eigenvalue weighted by Gasteiger charge is -2.21. The molecule has 1 aliphatic heterocycles. The third-order valence-electron chi connectivity index (χ3n) is 4.51. The van der Waals surface area contributed by atoms with Crippen LogP contribution in [0.4, 0.5) is 9.52 Å². The van der Waals surface area contributed by atoms with E-state index in [2.05, 4.69) is 14.9 Å². The van der Waals surface area contributed by atoms with Crippen molar-refractivity contribution >= 4 is 32.6 Å². The van der Waals surface area contributed by atoms with Crippen LogP contribution in [0.1, 0.15) is 22.3 Å². The van der Waals surface area contributed by atoms with Gasteiger partial charge in [-0.2, -0.15) is 0 Å². The van der Waals surface area contributed by atoms with Crippen molar-refractivity contribution in [1.82, 2.24) is 14.9 Å². The highest BCUT2D eigenvalue weighted by atomic mass is 32.1. The lowest BCUT2D eigenvalue weighted by molar-refractivity contribution is 0.0766. The van der Waals surface area contributed by atoms with Crippen LogP contribution in [-0.2, 0) is 0 Å². The fourth-order valence-corrected chi connectivity index (χ4v) is 4.23. The molecule has 2 aromatic heterocycles. The van der Waals surface area contributed by atoms with Gasteiger partial charge in [-0.25, -0.2) is 9.37 Å². The second-order valence-electron chi connectivity index (χ2n) is 6.49. The van der Waals surface area contributed by atoms with Gasteiger partial charge in [-0.15, -0.1) is 0 Å². The summed E-state index contributed by atoms with van der Waals surface area (Å²) < 4.78 is 14.2. The molecule has 1 aliphatic rings. The average Bonchev–Trinajstić information content (AvgIpc) is 2.89. The van der Waals surface area contributed by atoms with Gasteiger partial charge < -0.3 is 9.80 Å². The largest absolute Gasteiger partial charge is 0.346 e. The van der Waals surface area contributed by atoms with Crippen molar-refractivity contribution in [2.45, 2.75) is 13.3 Å². The monoisotopic (exact) mass is 370 g/mol. The number of carbonyl (C=O) groups is 1. The van der Waals surface area contributed by atoms with E-state index in [1.807, 2.05) is 17.9 Å². The molecule has 0 saturated carbocycles. The minimum atomic E-state index is -0.243. The van der Waals surface area contributed by atoms with Crippen molar-refractivity contribution in [2.24, 2.45) is 0 Å². The molecule has 0 bridgehead atoms. The van der Waals surface area contributed by atoms with Gasteiger partial charge in [0, 0.05) is 38.6 Å². The molecule has 134 valence electrons. The van der Waals surface area contributed by atoms with E-state index in [-0.39, 0.29) is 11.7 Å². The number of halogens is 1. The molecule has 3 aromatic rings. The summed E-state index contributed by atoms with van der Waals surface area (Å²) in [6.07, 6.45) is 4.24. The summed E-state index contributed by atoms with van der Waals surface area (Å²) in [4.78, 5) is 25.5. The molecule has 3 heterocycles. The van der Waals surface area contributed by atoms with E-state index in [9.17, 15) is 9.18 Å². The number of aryl methyl sites for hydroxylation is 1. The predicted molar refractivity (Wildman–Crippen MR) is 101 cm³/mol. The molecule has 0 unspecified atom stereocenters. The summed E-state index contributed by atoms with van der Waals surface area (Å²) in [5.41, 5.74) is 2.43. The SMILES string of the molecule is Cc1cncc(C(=O)N2CCCN(c3nc4ccc(F)cc4s3)CC2)c1. The fraction of sp³-hybridized carbons (Fsp3) is 0.316. The Morgan fingerprint density at radius 2 is 2.04 bits per heavy atom. The first-order valence-corrected chi connectivity index (χ1v) is 9.44. The van der Waals surface area contributed by atoms with Crippen LogP contribution in [0.15, 0.2) is 36.7 Å². The van der Waals surface area contributed by atoms with Crippen LogP contribution >= 0.6 is 11.3 Å². The van der Waals surface area contributed by atoms with Gasteiger partial charge in [-0.05, 0) is 43.2 Å². The highest BCUT2D eigenvalue weighted by molar-refractivity contribution is 7.22. The smallest absolute Gasteiger partial charge is 0.255 e. The van der Waals surface area contributed by atoms with E-state index in [0.717, 1.165) is 33.9 Å². The molecule has 1 saturated heterocycles. The Hall–Kier alpha value is -2.54. The van der Waals surface area contributed by atoms with Crippen LogP contribution in [-0.4, -0.2) is 47.0 Å². The maximum Gasteiger partial charge on any atom is 0.255 e. The maximum atomic E-state index is 13.4. The first kappa shape index (κ1) is 16.9. The quantitative estimate of drug-likeness (QED) is 0.693. The Kier molecular flexibility index (Phi) is 4.55. The molecule has 1 aromatic carbocycles. The molecular formula is C19H19FN4OS. The zero-order chi connectivity index (χ0) is 18.1. The number of hydrogen-bond donors (Lipinski definition) is 0. The van der Waals surface area contributed by atoms with Crippen LogP contribution in [0, 0.1) is 12.7 Å². The van der Waals surface area contributed by atoms with E-state index in [4.69, 9.17) is 0 Å². The van der Waals surface area contributed by atoms with Crippen LogP contribution in [0.25, 0.3) is 10.2 Å². The highest BCUT2D eigenvalue weighted by Gasteiger charge is 2.22. The van der Waals surface area contributed by atoms with Crippen LogP contribution in [0.5, 0.6) is 0 Å². The van der Waals surface area contributed by atoms with Gasteiger partial charge in [0.25, 0.3) is 5.91 Å². The van der Waals surface area contributed by atoms with Crippen LogP contribution in [0.2, 0.25) is 0 Å². The predicted octanol–water partition coefficient (Wildman–Crippen LogP) is 3.49. The van der Waals surface area contributed by atoms with Crippen molar-refractivity contribution in [3.8, 4) is 0 Å². The number of fused-ring (bicyclic) bond motifs is 1. The lowest BCUT2D eigenvalue weighted by Crippen LogP contribution is -2.35. The number of carbonyl (C=O) groups excluding carboxylic acids is 1. The van der Waals surface area contributed by atoms with Crippen LogP contribution in [0.3, 0.4) is 0 Å². The van der Waals surface area contributed by atoms with Gasteiger partial charge in [-0.1, -0.05) is 11.3 Å². The molecule has 0 atom stereocenters. The third-order valence-corrected chi connectivity index (χ3v) is 5.59. The van der Waals surface area contributed by atoms with E-state index in [1.165, 1.54) is 23.5 Å². The van der Waals surface area contributed by atoms with Crippen molar-refractivity contribution < 1.29 is 9.18 Å². The molecule has 7 heteroatoms.